The topological polar surface area (TPSA) is 45.8 Å². The summed E-state index contributed by atoms with van der Waals surface area (Å²) >= 11 is 1.99. The summed E-state index contributed by atoms with van der Waals surface area (Å²) in [4.78, 5) is 2.52. The molecule has 1 saturated heterocycles. The van der Waals surface area contributed by atoms with Crippen molar-refractivity contribution in [2.75, 3.05) is 38.6 Å². The van der Waals surface area contributed by atoms with Crippen LogP contribution in [0.1, 0.15) is 89.5 Å². The third-order valence-corrected chi connectivity index (χ3v) is 13.3. The van der Waals surface area contributed by atoms with Gasteiger partial charge in [0.1, 0.15) is 0 Å². The van der Waals surface area contributed by atoms with Gasteiger partial charge in [0.15, 0.2) is 0 Å². The van der Waals surface area contributed by atoms with Gasteiger partial charge in [-0.25, -0.2) is 0 Å². The number of hydrogen-bond acceptors (Lipinski definition) is 5. The van der Waals surface area contributed by atoms with Crippen LogP contribution in [0, 0.1) is 34.5 Å². The van der Waals surface area contributed by atoms with Gasteiger partial charge in [0.05, 0.1) is 31.8 Å². The van der Waals surface area contributed by atoms with Gasteiger partial charge in [-0.3, -0.25) is 0 Å². The first-order chi connectivity index (χ1) is 17.5. The zero-order valence-corrected chi connectivity index (χ0v) is 23.5. The molecule has 2 heterocycles. The average Bonchev–Trinajstić information content (AvgIpc) is 3.62. The van der Waals surface area contributed by atoms with Crippen LogP contribution in [0.2, 0.25) is 0 Å². The van der Waals surface area contributed by atoms with E-state index in [0.717, 1.165) is 55.6 Å². The molecular weight excluding hydrogens is 466 g/mol. The zero-order chi connectivity index (χ0) is 24.8. The van der Waals surface area contributed by atoms with E-state index in [1.165, 1.54) is 76.4 Å². The van der Waals surface area contributed by atoms with Crippen molar-refractivity contribution < 1.29 is 14.3 Å². The van der Waals surface area contributed by atoms with Crippen molar-refractivity contribution in [3.05, 3.63) is 24.2 Å². The summed E-state index contributed by atoms with van der Waals surface area (Å²) in [6.45, 7) is 10.4. The maximum Gasteiger partial charge on any atom is 0.0937 e. The van der Waals surface area contributed by atoms with Crippen LogP contribution in [0.5, 0.6) is 0 Å². The SMILES string of the molecule is C[C@]12CC(O)C(SCCOCCN3CCCC3)CC1CC[C@@H]1[C@H]2CC[C@]2(C)C(c3ccoc3)CC[C@@H]12. The highest BCUT2D eigenvalue weighted by molar-refractivity contribution is 7.99. The molecule has 5 fully saturated rings. The van der Waals surface area contributed by atoms with Crippen molar-refractivity contribution in [2.45, 2.75) is 95.3 Å². The van der Waals surface area contributed by atoms with Crippen molar-refractivity contribution in [1.82, 2.24) is 4.90 Å². The number of likely N-dealkylation sites (tertiary alicyclic amines) is 1. The number of hydrogen-bond donors (Lipinski definition) is 1. The molecule has 1 aliphatic heterocycles. The van der Waals surface area contributed by atoms with Gasteiger partial charge < -0.3 is 19.2 Å². The predicted molar refractivity (Wildman–Crippen MR) is 147 cm³/mol. The minimum atomic E-state index is -0.157. The van der Waals surface area contributed by atoms with Gasteiger partial charge in [0, 0.05) is 17.5 Å². The van der Waals surface area contributed by atoms with Gasteiger partial charge in [-0.2, -0.15) is 11.8 Å². The highest BCUT2D eigenvalue weighted by atomic mass is 32.2. The summed E-state index contributed by atoms with van der Waals surface area (Å²) in [5, 5.41) is 11.7. The molecule has 0 aromatic carbocycles. The second-order valence-electron chi connectivity index (χ2n) is 13.5. The highest BCUT2D eigenvalue weighted by Crippen LogP contribution is 2.69. The molecule has 4 unspecified atom stereocenters. The molecule has 0 radical (unpaired) electrons. The molecule has 9 atom stereocenters. The standard InChI is InChI=1S/C31H49NO3S/c1-30-11-9-27-24(26(30)8-7-25(30)22-10-15-35-21-22)6-5-23-19-29(28(33)20-31(23,27)2)36-18-17-34-16-14-32-12-3-4-13-32/h10,15,21,23-29,33H,3-9,11-14,16-20H2,1-2H3/t23?,24-,25?,26-,27+,28?,29?,30+,31-/m0/s1. The van der Waals surface area contributed by atoms with Gasteiger partial charge in [-0.15, -0.1) is 0 Å². The number of fused-ring (bicyclic) bond motifs is 5. The maximum absolute atomic E-state index is 11.3. The molecule has 1 aromatic rings. The van der Waals surface area contributed by atoms with E-state index in [9.17, 15) is 5.11 Å². The smallest absolute Gasteiger partial charge is 0.0937 e. The molecule has 5 heteroatoms. The molecule has 0 spiro atoms. The minimum absolute atomic E-state index is 0.157. The lowest BCUT2D eigenvalue weighted by atomic mass is 9.44. The summed E-state index contributed by atoms with van der Waals surface area (Å²) in [5.74, 6) is 4.96. The molecule has 4 nitrogen and oxygen atoms in total. The number of aliphatic hydroxyl groups excluding tert-OH is 1. The van der Waals surface area contributed by atoms with Gasteiger partial charge >= 0.3 is 0 Å². The van der Waals surface area contributed by atoms with Gasteiger partial charge in [-0.1, -0.05) is 13.8 Å². The summed E-state index contributed by atoms with van der Waals surface area (Å²) in [6, 6.07) is 2.22. The van der Waals surface area contributed by atoms with E-state index >= 15 is 0 Å². The van der Waals surface area contributed by atoms with Crippen LogP contribution in [0.4, 0.5) is 0 Å². The fourth-order valence-corrected chi connectivity index (χ4v) is 11.2. The van der Waals surface area contributed by atoms with E-state index in [2.05, 4.69) is 24.8 Å². The maximum atomic E-state index is 11.3. The van der Waals surface area contributed by atoms with Crippen molar-refractivity contribution in [3.63, 3.8) is 0 Å². The van der Waals surface area contributed by atoms with Crippen molar-refractivity contribution in [2.24, 2.45) is 34.5 Å². The van der Waals surface area contributed by atoms with Crippen molar-refractivity contribution >= 4 is 11.8 Å². The van der Waals surface area contributed by atoms with E-state index < -0.39 is 0 Å². The fourth-order valence-electron chi connectivity index (χ4n) is 10.0. The molecule has 5 aliphatic rings. The number of furan rings is 1. The van der Waals surface area contributed by atoms with Crippen LogP contribution in [0.25, 0.3) is 0 Å². The molecule has 0 bridgehead atoms. The van der Waals surface area contributed by atoms with E-state index in [-0.39, 0.29) is 6.10 Å². The molecule has 6 rings (SSSR count). The summed E-state index contributed by atoms with van der Waals surface area (Å²) in [7, 11) is 0. The molecule has 4 saturated carbocycles. The lowest BCUT2D eigenvalue weighted by Crippen LogP contribution is -2.56. The van der Waals surface area contributed by atoms with Crippen LogP contribution in [-0.4, -0.2) is 60.0 Å². The predicted octanol–water partition coefficient (Wildman–Crippen LogP) is 6.59. The third-order valence-electron chi connectivity index (χ3n) is 11.9. The largest absolute Gasteiger partial charge is 0.472 e. The molecule has 1 N–H and O–H groups in total. The fraction of sp³-hybridized carbons (Fsp3) is 0.871. The van der Waals surface area contributed by atoms with Crippen molar-refractivity contribution in [3.8, 4) is 0 Å². The first-order valence-corrected chi connectivity index (χ1v) is 16.2. The van der Waals surface area contributed by atoms with Crippen molar-refractivity contribution in [1.29, 1.82) is 0 Å². The van der Waals surface area contributed by atoms with Gasteiger partial charge in [0.2, 0.25) is 0 Å². The first kappa shape index (κ1) is 25.8. The van der Waals surface area contributed by atoms with Crippen LogP contribution < -0.4 is 0 Å². The number of rotatable bonds is 8. The monoisotopic (exact) mass is 515 g/mol. The Kier molecular flexibility index (Phi) is 7.58. The van der Waals surface area contributed by atoms with Crippen LogP contribution >= 0.6 is 11.8 Å². The van der Waals surface area contributed by atoms with E-state index in [1.807, 2.05) is 24.3 Å². The Bertz CT molecular complexity index is 856. The Morgan fingerprint density at radius 3 is 2.69 bits per heavy atom. The van der Waals surface area contributed by atoms with Crippen LogP contribution in [0.15, 0.2) is 23.0 Å². The number of aliphatic hydroxyl groups is 1. The molecule has 36 heavy (non-hydrogen) atoms. The van der Waals surface area contributed by atoms with Crippen LogP contribution in [0.3, 0.4) is 0 Å². The number of nitrogens with zero attached hydrogens (tertiary/aromatic N) is 1. The second kappa shape index (κ2) is 10.6. The molecular formula is C31H49NO3S. The lowest BCUT2D eigenvalue weighted by Gasteiger charge is -2.61. The van der Waals surface area contributed by atoms with Crippen LogP contribution in [-0.2, 0) is 4.74 Å². The Labute approximate surface area is 223 Å². The lowest BCUT2D eigenvalue weighted by molar-refractivity contribution is -0.125. The Morgan fingerprint density at radius 1 is 1.06 bits per heavy atom. The second-order valence-corrected chi connectivity index (χ2v) is 14.8. The van der Waals surface area contributed by atoms with E-state index in [1.54, 1.807) is 0 Å². The Hall–Kier alpha value is -0.490. The normalized spacial score (nSPS) is 44.8. The van der Waals surface area contributed by atoms with E-state index in [0.29, 0.717) is 22.0 Å². The molecule has 1 aromatic heterocycles. The Balaban J connectivity index is 1.03. The highest BCUT2D eigenvalue weighted by Gasteiger charge is 2.61. The average molecular weight is 516 g/mol. The number of thioether (sulfide) groups is 1. The van der Waals surface area contributed by atoms with Gasteiger partial charge in [0.25, 0.3) is 0 Å². The first-order valence-electron chi connectivity index (χ1n) is 15.1. The number of ether oxygens (including phenoxy) is 1. The quantitative estimate of drug-likeness (QED) is 0.396. The van der Waals surface area contributed by atoms with Gasteiger partial charge in [-0.05, 0) is 129 Å². The summed E-state index contributed by atoms with van der Waals surface area (Å²) in [5.41, 5.74) is 2.18. The molecule has 4 aliphatic carbocycles. The molecule has 202 valence electrons. The Morgan fingerprint density at radius 2 is 1.89 bits per heavy atom. The summed E-state index contributed by atoms with van der Waals surface area (Å²) in [6.07, 6.45) is 16.8. The minimum Gasteiger partial charge on any atom is -0.472 e. The summed E-state index contributed by atoms with van der Waals surface area (Å²) < 4.78 is 11.4. The zero-order valence-electron chi connectivity index (χ0n) is 22.7. The van der Waals surface area contributed by atoms with E-state index in [4.69, 9.17) is 9.15 Å². The third kappa shape index (κ3) is 4.62. The molecule has 0 amide bonds.